The van der Waals surface area contributed by atoms with Crippen molar-refractivity contribution >= 4 is 37.8 Å². The molecule has 1 aliphatic rings. The molecule has 0 radical (unpaired) electrons. The molecular weight excluding hydrogens is 403 g/mol. The number of halogens is 5. The number of benzene rings is 1. The second-order valence-corrected chi connectivity index (χ2v) is 6.42. The molecule has 20 heavy (non-hydrogen) atoms. The van der Waals surface area contributed by atoms with Crippen LogP contribution in [0.2, 0.25) is 0 Å². The van der Waals surface area contributed by atoms with Crippen LogP contribution >= 0.6 is 31.9 Å². The van der Waals surface area contributed by atoms with Crippen LogP contribution in [-0.4, -0.2) is 17.8 Å². The lowest BCUT2D eigenvalue weighted by atomic mass is 10.1. The summed E-state index contributed by atoms with van der Waals surface area (Å²) >= 11 is 6.50. The van der Waals surface area contributed by atoms with Gasteiger partial charge in [-0.1, -0.05) is 15.9 Å². The summed E-state index contributed by atoms with van der Waals surface area (Å²) in [6, 6.07) is 3.06. The van der Waals surface area contributed by atoms with Crippen molar-refractivity contribution in [3.05, 3.63) is 33.8 Å². The van der Waals surface area contributed by atoms with Crippen LogP contribution in [0.5, 0.6) is 0 Å². The minimum absolute atomic E-state index is 0.00481. The van der Waals surface area contributed by atoms with E-state index in [1.54, 1.807) is 0 Å². The largest absolute Gasteiger partial charge is 0.416 e. The number of hydrogen-bond donors (Lipinski definition) is 1. The van der Waals surface area contributed by atoms with Gasteiger partial charge in [0.1, 0.15) is 0 Å². The summed E-state index contributed by atoms with van der Waals surface area (Å²) in [7, 11) is 0. The smallest absolute Gasteiger partial charge is 0.351 e. The van der Waals surface area contributed by atoms with E-state index in [1.807, 2.05) is 0 Å². The van der Waals surface area contributed by atoms with Crippen LogP contribution in [0, 0.1) is 5.41 Å². The molecule has 0 atom stereocenters. The Hall–Kier alpha value is -0.560. The summed E-state index contributed by atoms with van der Waals surface area (Å²) in [6.07, 6.45) is -2.42. The van der Waals surface area contributed by atoms with Gasteiger partial charge in [-0.05, 0) is 52.4 Å². The lowest BCUT2D eigenvalue weighted by Gasteiger charge is -2.14. The van der Waals surface area contributed by atoms with E-state index in [0.29, 0.717) is 11.0 Å². The van der Waals surface area contributed by atoms with Gasteiger partial charge in [0, 0.05) is 16.3 Å². The molecule has 2 nitrogen and oxygen atoms in total. The van der Waals surface area contributed by atoms with E-state index in [2.05, 4.69) is 37.2 Å². The van der Waals surface area contributed by atoms with Crippen molar-refractivity contribution in [3.63, 3.8) is 0 Å². The predicted molar refractivity (Wildman–Crippen MR) is 76.9 cm³/mol. The van der Waals surface area contributed by atoms with Crippen LogP contribution in [0.15, 0.2) is 22.7 Å². The Kier molecular flexibility index (Phi) is 4.49. The number of amides is 1. The highest BCUT2D eigenvalue weighted by Gasteiger charge is 2.41. The Labute approximate surface area is 131 Å². The third kappa shape index (κ3) is 3.55. The highest BCUT2D eigenvalue weighted by molar-refractivity contribution is 9.10. The van der Waals surface area contributed by atoms with Crippen molar-refractivity contribution < 1.29 is 18.0 Å². The number of carbonyl (C=O) groups excluding carboxylic acids is 1. The average Bonchev–Trinajstić information content (AvgIpc) is 3.16. The first-order chi connectivity index (χ1) is 9.27. The number of carbonyl (C=O) groups is 1. The van der Waals surface area contributed by atoms with Gasteiger partial charge in [-0.15, -0.1) is 0 Å². The molecule has 2 rings (SSSR count). The Morgan fingerprint density at radius 2 is 2.00 bits per heavy atom. The number of nitrogens with one attached hydrogen (secondary N) is 1. The van der Waals surface area contributed by atoms with Crippen molar-refractivity contribution in [1.82, 2.24) is 5.32 Å². The zero-order valence-electron chi connectivity index (χ0n) is 10.4. The molecule has 0 saturated heterocycles. The second kappa shape index (κ2) is 5.67. The highest BCUT2D eigenvalue weighted by Crippen LogP contribution is 2.46. The molecule has 1 aromatic rings. The number of alkyl halides is 4. The molecule has 1 saturated carbocycles. The summed E-state index contributed by atoms with van der Waals surface area (Å²) in [4.78, 5) is 12.0. The van der Waals surface area contributed by atoms with Crippen LogP contribution in [-0.2, 0) is 6.18 Å². The molecule has 0 heterocycles. The first kappa shape index (κ1) is 15.8. The topological polar surface area (TPSA) is 29.1 Å². The van der Waals surface area contributed by atoms with Crippen molar-refractivity contribution in [1.29, 1.82) is 0 Å². The predicted octanol–water partition coefficient (Wildman–Crippen LogP) is 4.37. The van der Waals surface area contributed by atoms with Gasteiger partial charge in [0.15, 0.2) is 0 Å². The molecule has 1 aliphatic carbocycles. The van der Waals surface area contributed by atoms with Crippen LogP contribution in [0.25, 0.3) is 0 Å². The third-order valence-corrected chi connectivity index (χ3v) is 5.28. The Balaban J connectivity index is 2.13. The van der Waals surface area contributed by atoms with Crippen LogP contribution < -0.4 is 5.32 Å². The van der Waals surface area contributed by atoms with Gasteiger partial charge in [-0.2, -0.15) is 13.2 Å². The zero-order chi connectivity index (χ0) is 15.0. The number of rotatable bonds is 4. The molecular formula is C13H12Br2F3NO. The number of hydrogen-bond acceptors (Lipinski definition) is 1. The molecule has 0 aliphatic heterocycles. The van der Waals surface area contributed by atoms with Crippen LogP contribution in [0.3, 0.4) is 0 Å². The van der Waals surface area contributed by atoms with Crippen LogP contribution in [0.1, 0.15) is 28.8 Å². The van der Waals surface area contributed by atoms with Gasteiger partial charge in [-0.25, -0.2) is 0 Å². The molecule has 0 aromatic heterocycles. The van der Waals surface area contributed by atoms with E-state index >= 15 is 0 Å². The second-order valence-electron chi connectivity index (χ2n) is 5.01. The molecule has 1 N–H and O–H groups in total. The molecule has 0 unspecified atom stereocenters. The maximum Gasteiger partial charge on any atom is 0.416 e. The fraction of sp³-hybridized carbons (Fsp3) is 0.462. The van der Waals surface area contributed by atoms with E-state index in [-0.39, 0.29) is 11.0 Å². The molecule has 110 valence electrons. The lowest BCUT2D eigenvalue weighted by molar-refractivity contribution is -0.137. The van der Waals surface area contributed by atoms with Crippen LogP contribution in [0.4, 0.5) is 13.2 Å². The summed E-state index contributed by atoms with van der Waals surface area (Å²) in [5.41, 5.74) is -0.748. The Bertz CT molecular complexity index is 527. The van der Waals surface area contributed by atoms with Gasteiger partial charge >= 0.3 is 6.18 Å². The van der Waals surface area contributed by atoms with E-state index in [0.717, 1.165) is 30.3 Å². The molecule has 1 fully saturated rings. The normalized spacial score (nSPS) is 16.9. The maximum absolute atomic E-state index is 12.6. The highest BCUT2D eigenvalue weighted by atomic mass is 79.9. The van der Waals surface area contributed by atoms with E-state index in [4.69, 9.17) is 0 Å². The Morgan fingerprint density at radius 3 is 2.50 bits per heavy atom. The summed E-state index contributed by atoms with van der Waals surface area (Å²) in [5, 5.41) is 3.49. The first-order valence-corrected chi connectivity index (χ1v) is 7.90. The van der Waals surface area contributed by atoms with E-state index in [1.165, 1.54) is 6.07 Å². The lowest BCUT2D eigenvalue weighted by Crippen LogP contribution is -2.31. The zero-order valence-corrected chi connectivity index (χ0v) is 13.5. The van der Waals surface area contributed by atoms with Gasteiger partial charge in [0.25, 0.3) is 5.91 Å². The van der Waals surface area contributed by atoms with Crippen molar-refractivity contribution in [2.24, 2.45) is 5.41 Å². The minimum Gasteiger partial charge on any atom is -0.351 e. The standard InChI is InChI=1S/C13H12Br2F3NO/c14-6-12(3-4-12)7-19-11(20)9-5-8(13(16,17)18)1-2-10(9)15/h1-2,5H,3-4,6-7H2,(H,19,20). The van der Waals surface area contributed by atoms with Gasteiger partial charge in [0.2, 0.25) is 0 Å². The summed E-state index contributed by atoms with van der Waals surface area (Å²) < 4.78 is 38.3. The fourth-order valence-electron chi connectivity index (χ4n) is 1.77. The SMILES string of the molecule is O=C(NCC1(CBr)CC1)c1cc(C(F)(F)F)ccc1Br. The first-order valence-electron chi connectivity index (χ1n) is 5.98. The fourth-order valence-corrected chi connectivity index (χ4v) is 2.96. The van der Waals surface area contributed by atoms with E-state index < -0.39 is 17.6 Å². The molecule has 1 amide bonds. The monoisotopic (exact) mass is 413 g/mol. The van der Waals surface area contributed by atoms with Gasteiger partial charge in [-0.3, -0.25) is 4.79 Å². The maximum atomic E-state index is 12.6. The van der Waals surface area contributed by atoms with Crippen molar-refractivity contribution in [3.8, 4) is 0 Å². The van der Waals surface area contributed by atoms with E-state index in [9.17, 15) is 18.0 Å². The van der Waals surface area contributed by atoms with Crippen molar-refractivity contribution in [2.45, 2.75) is 19.0 Å². The molecule has 0 spiro atoms. The molecule has 7 heteroatoms. The van der Waals surface area contributed by atoms with Gasteiger partial charge < -0.3 is 5.32 Å². The quantitative estimate of drug-likeness (QED) is 0.728. The molecule has 1 aromatic carbocycles. The summed E-state index contributed by atoms with van der Waals surface area (Å²) in [5.74, 6) is -0.491. The average molecular weight is 415 g/mol. The summed E-state index contributed by atoms with van der Waals surface area (Å²) in [6.45, 7) is 0.472. The molecule has 0 bridgehead atoms. The van der Waals surface area contributed by atoms with Gasteiger partial charge in [0.05, 0.1) is 11.1 Å². The Morgan fingerprint density at radius 1 is 1.35 bits per heavy atom. The van der Waals surface area contributed by atoms with Crippen molar-refractivity contribution in [2.75, 3.05) is 11.9 Å². The minimum atomic E-state index is -4.46. The third-order valence-electron chi connectivity index (χ3n) is 3.40.